The van der Waals surface area contributed by atoms with Crippen molar-refractivity contribution in [1.82, 2.24) is 14.7 Å². The molecule has 1 aromatic carbocycles. The zero-order valence-corrected chi connectivity index (χ0v) is 14.9. The fourth-order valence-corrected chi connectivity index (χ4v) is 3.45. The molecule has 1 aliphatic heterocycles. The lowest BCUT2D eigenvalue weighted by Gasteiger charge is -2.20. The highest BCUT2D eigenvalue weighted by molar-refractivity contribution is 6.32. The molecule has 4 rings (SSSR count). The number of nitrogens with one attached hydrogen (secondary N) is 2. The van der Waals surface area contributed by atoms with Crippen molar-refractivity contribution in [2.75, 3.05) is 5.32 Å². The predicted octanol–water partition coefficient (Wildman–Crippen LogP) is 3.36. The average Bonchev–Trinajstić information content (AvgIpc) is 2.96. The maximum atomic E-state index is 12.7. The minimum absolute atomic E-state index is 0.0360. The Morgan fingerprint density at radius 1 is 1.31 bits per heavy atom. The monoisotopic (exact) mass is 368 g/mol. The molecule has 0 saturated heterocycles. The van der Waals surface area contributed by atoms with Crippen LogP contribution in [0.25, 0.3) is 5.65 Å². The highest BCUT2D eigenvalue weighted by Gasteiger charge is 2.21. The highest BCUT2D eigenvalue weighted by atomic mass is 35.5. The topological polar surface area (TPSA) is 75.5 Å². The third-order valence-electron chi connectivity index (χ3n) is 4.57. The molecule has 0 aliphatic carbocycles. The van der Waals surface area contributed by atoms with Gasteiger partial charge in [-0.15, -0.1) is 0 Å². The van der Waals surface area contributed by atoms with Crippen LogP contribution in [0.3, 0.4) is 0 Å². The number of pyridine rings is 1. The number of hydrogen-bond donors (Lipinski definition) is 2. The van der Waals surface area contributed by atoms with E-state index in [1.54, 1.807) is 16.7 Å². The first-order valence-corrected chi connectivity index (χ1v) is 8.77. The number of benzene rings is 1. The Bertz CT molecular complexity index is 1030. The van der Waals surface area contributed by atoms with Crippen LogP contribution < -0.4 is 10.6 Å². The summed E-state index contributed by atoms with van der Waals surface area (Å²) in [4.78, 5) is 28.4. The minimum Gasteiger partial charge on any atom is -0.344 e. The van der Waals surface area contributed by atoms with Crippen LogP contribution in [0.4, 0.5) is 5.69 Å². The largest absolute Gasteiger partial charge is 0.344 e. The van der Waals surface area contributed by atoms with Gasteiger partial charge < -0.3 is 10.6 Å². The summed E-state index contributed by atoms with van der Waals surface area (Å²) >= 11 is 6.17. The number of carbonyl (C=O) groups excluding carboxylic acids is 2. The van der Waals surface area contributed by atoms with Gasteiger partial charge in [0.05, 0.1) is 6.04 Å². The number of nitrogens with zero attached hydrogens (tertiary/aromatic N) is 2. The van der Waals surface area contributed by atoms with E-state index in [9.17, 15) is 9.59 Å². The Kier molecular flexibility index (Phi) is 4.12. The molecular weight excluding hydrogens is 352 g/mol. The van der Waals surface area contributed by atoms with Gasteiger partial charge in [-0.25, -0.2) is 4.98 Å². The number of rotatable bonds is 3. The number of halogens is 1. The van der Waals surface area contributed by atoms with Crippen LogP contribution in [-0.2, 0) is 11.2 Å². The van der Waals surface area contributed by atoms with E-state index in [0.717, 1.165) is 16.8 Å². The van der Waals surface area contributed by atoms with E-state index in [-0.39, 0.29) is 23.0 Å². The number of anilines is 1. The van der Waals surface area contributed by atoms with E-state index in [1.165, 1.54) is 0 Å². The lowest BCUT2D eigenvalue weighted by Crippen LogP contribution is -2.28. The van der Waals surface area contributed by atoms with E-state index < -0.39 is 0 Å². The Morgan fingerprint density at radius 3 is 3.00 bits per heavy atom. The van der Waals surface area contributed by atoms with Gasteiger partial charge in [-0.05, 0) is 42.7 Å². The van der Waals surface area contributed by atoms with Gasteiger partial charge >= 0.3 is 0 Å². The third kappa shape index (κ3) is 2.93. The fourth-order valence-electron chi connectivity index (χ4n) is 3.19. The fraction of sp³-hybridized carbons (Fsp3) is 0.211. The molecule has 1 aliphatic rings. The summed E-state index contributed by atoms with van der Waals surface area (Å²) in [5.74, 6) is -0.249. The quantitative estimate of drug-likeness (QED) is 0.744. The van der Waals surface area contributed by atoms with E-state index in [4.69, 9.17) is 11.6 Å². The van der Waals surface area contributed by atoms with Gasteiger partial charge in [0.1, 0.15) is 5.65 Å². The Hall–Kier alpha value is -2.86. The summed E-state index contributed by atoms with van der Waals surface area (Å²) < 4.78 is 1.67. The molecule has 1 atom stereocenters. The zero-order chi connectivity index (χ0) is 18.3. The molecule has 132 valence electrons. The summed E-state index contributed by atoms with van der Waals surface area (Å²) in [6.07, 6.45) is 2.94. The first-order valence-electron chi connectivity index (χ1n) is 8.39. The van der Waals surface area contributed by atoms with Gasteiger partial charge in [-0.2, -0.15) is 0 Å². The van der Waals surface area contributed by atoms with Crippen molar-refractivity contribution < 1.29 is 9.59 Å². The van der Waals surface area contributed by atoms with Crippen molar-refractivity contribution in [3.63, 3.8) is 0 Å². The first kappa shape index (κ1) is 16.6. The van der Waals surface area contributed by atoms with Crippen molar-refractivity contribution in [1.29, 1.82) is 0 Å². The molecule has 6 nitrogen and oxygen atoms in total. The van der Waals surface area contributed by atoms with Crippen LogP contribution in [0.15, 0.2) is 42.6 Å². The van der Waals surface area contributed by atoms with Gasteiger partial charge in [-0.1, -0.05) is 29.8 Å². The molecule has 0 saturated carbocycles. The molecule has 0 spiro atoms. The standard InChI is InChI=1S/C19H17ClN4O2/c1-11(12-5-7-14-13(10-12)6-8-16(25)22-14)21-19(26)17-18(20)23-15-4-2-3-9-24(15)17/h2-5,7,9-11H,6,8H2,1H3,(H,21,26)(H,22,25)/t11-/m1/s1. The smallest absolute Gasteiger partial charge is 0.272 e. The average molecular weight is 369 g/mol. The second-order valence-corrected chi connectivity index (χ2v) is 6.70. The van der Waals surface area contributed by atoms with Crippen LogP contribution in [0, 0.1) is 0 Å². The van der Waals surface area contributed by atoms with Gasteiger partial charge in [0.25, 0.3) is 5.91 Å². The summed E-state index contributed by atoms with van der Waals surface area (Å²) in [5, 5.41) is 6.01. The summed E-state index contributed by atoms with van der Waals surface area (Å²) in [6, 6.07) is 11.1. The van der Waals surface area contributed by atoms with E-state index in [0.29, 0.717) is 24.2 Å². The molecule has 7 heteroatoms. The number of carbonyl (C=O) groups is 2. The number of amides is 2. The Balaban J connectivity index is 1.58. The van der Waals surface area contributed by atoms with Gasteiger partial charge in [0.15, 0.2) is 10.8 Å². The summed E-state index contributed by atoms with van der Waals surface area (Å²) in [6.45, 7) is 1.91. The lowest BCUT2D eigenvalue weighted by molar-refractivity contribution is -0.116. The first-order chi connectivity index (χ1) is 12.5. The second-order valence-electron chi connectivity index (χ2n) is 6.34. The van der Waals surface area contributed by atoms with Crippen molar-refractivity contribution in [3.8, 4) is 0 Å². The number of imidazole rings is 1. The third-order valence-corrected chi connectivity index (χ3v) is 4.84. The normalized spacial score (nSPS) is 14.6. The van der Waals surface area contributed by atoms with Crippen LogP contribution in [-0.4, -0.2) is 21.2 Å². The molecular formula is C19H17ClN4O2. The highest BCUT2D eigenvalue weighted by Crippen LogP contribution is 2.26. The lowest BCUT2D eigenvalue weighted by atomic mass is 9.98. The second kappa shape index (κ2) is 6.46. The summed E-state index contributed by atoms with van der Waals surface area (Å²) in [5.41, 5.74) is 3.83. The molecule has 2 aromatic heterocycles. The molecule has 2 amide bonds. The van der Waals surface area contributed by atoms with Crippen molar-refractivity contribution >= 4 is 34.7 Å². The molecule has 0 bridgehead atoms. The number of aromatic nitrogens is 2. The van der Waals surface area contributed by atoms with Gasteiger partial charge in [0.2, 0.25) is 5.91 Å². The molecule has 3 aromatic rings. The summed E-state index contributed by atoms with van der Waals surface area (Å²) in [7, 11) is 0. The van der Waals surface area contributed by atoms with E-state index in [2.05, 4.69) is 15.6 Å². The maximum absolute atomic E-state index is 12.7. The molecule has 3 heterocycles. The number of aryl methyl sites for hydroxylation is 1. The Labute approximate surface area is 155 Å². The minimum atomic E-state index is -0.285. The van der Waals surface area contributed by atoms with E-state index in [1.807, 2.05) is 37.3 Å². The van der Waals surface area contributed by atoms with Crippen molar-refractivity contribution in [2.24, 2.45) is 0 Å². The predicted molar refractivity (Wildman–Crippen MR) is 99.5 cm³/mol. The van der Waals surface area contributed by atoms with Crippen LogP contribution in [0.1, 0.15) is 41.0 Å². The number of fused-ring (bicyclic) bond motifs is 2. The van der Waals surface area contributed by atoms with Crippen molar-refractivity contribution in [3.05, 3.63) is 64.6 Å². The van der Waals surface area contributed by atoms with Crippen molar-refractivity contribution in [2.45, 2.75) is 25.8 Å². The molecule has 0 unspecified atom stereocenters. The van der Waals surface area contributed by atoms with Gasteiger partial charge in [0, 0.05) is 18.3 Å². The molecule has 0 fully saturated rings. The zero-order valence-electron chi connectivity index (χ0n) is 14.1. The molecule has 0 radical (unpaired) electrons. The maximum Gasteiger partial charge on any atom is 0.272 e. The van der Waals surface area contributed by atoms with E-state index >= 15 is 0 Å². The van der Waals surface area contributed by atoms with Crippen LogP contribution in [0.2, 0.25) is 5.15 Å². The van der Waals surface area contributed by atoms with Crippen LogP contribution >= 0.6 is 11.6 Å². The number of hydrogen-bond acceptors (Lipinski definition) is 3. The SMILES string of the molecule is C[C@@H](NC(=O)c1c(Cl)nc2ccccn12)c1ccc2c(c1)CCC(=O)N2. The molecule has 26 heavy (non-hydrogen) atoms. The Morgan fingerprint density at radius 2 is 2.15 bits per heavy atom. The molecule has 2 N–H and O–H groups in total. The van der Waals surface area contributed by atoms with Gasteiger partial charge in [-0.3, -0.25) is 14.0 Å². The van der Waals surface area contributed by atoms with Crippen LogP contribution in [0.5, 0.6) is 0 Å².